The van der Waals surface area contributed by atoms with E-state index in [-0.39, 0.29) is 17.9 Å². The Bertz CT molecular complexity index is 815. The van der Waals surface area contributed by atoms with Gasteiger partial charge in [-0.2, -0.15) is 5.10 Å². The lowest BCUT2D eigenvalue weighted by atomic mass is 10.0. The van der Waals surface area contributed by atoms with Crippen LogP contribution in [0.3, 0.4) is 0 Å². The molecule has 1 fully saturated rings. The van der Waals surface area contributed by atoms with E-state index in [0.29, 0.717) is 31.2 Å². The second-order valence-electron chi connectivity index (χ2n) is 8.01. The lowest BCUT2D eigenvalue weighted by Crippen LogP contribution is -2.46. The molecule has 0 unspecified atom stereocenters. The number of rotatable bonds is 6. The standard InChI is InChI=1S/C21H30N4O3/c1-14(2)13-25-16(4)18(15(3)23-25)12-20(26)22-17-7-9-24(10-8-17)21(27)19-6-5-11-28-19/h5-6,11,14,17H,7-10,12-13H2,1-4H3,(H,22,26). The van der Waals surface area contributed by atoms with Crippen molar-refractivity contribution in [1.29, 1.82) is 0 Å². The normalized spacial score (nSPS) is 15.2. The van der Waals surface area contributed by atoms with Crippen LogP contribution in [0.2, 0.25) is 0 Å². The Balaban J connectivity index is 1.51. The molecule has 0 aliphatic carbocycles. The maximum absolute atomic E-state index is 12.6. The lowest BCUT2D eigenvalue weighted by molar-refractivity contribution is -0.121. The molecule has 0 radical (unpaired) electrons. The lowest BCUT2D eigenvalue weighted by Gasteiger charge is -2.31. The van der Waals surface area contributed by atoms with Crippen molar-refractivity contribution in [1.82, 2.24) is 20.0 Å². The smallest absolute Gasteiger partial charge is 0.289 e. The number of aryl methyl sites for hydroxylation is 1. The summed E-state index contributed by atoms with van der Waals surface area (Å²) < 4.78 is 7.19. The van der Waals surface area contributed by atoms with Crippen molar-refractivity contribution < 1.29 is 14.0 Å². The first-order valence-corrected chi connectivity index (χ1v) is 10.00. The van der Waals surface area contributed by atoms with Gasteiger partial charge in [-0.05, 0) is 44.7 Å². The summed E-state index contributed by atoms with van der Waals surface area (Å²) in [4.78, 5) is 26.7. The molecule has 2 aromatic rings. The maximum Gasteiger partial charge on any atom is 0.289 e. The first kappa shape index (κ1) is 20.2. The average molecular weight is 386 g/mol. The number of piperidine rings is 1. The van der Waals surface area contributed by atoms with E-state index in [1.165, 1.54) is 6.26 Å². The van der Waals surface area contributed by atoms with Gasteiger partial charge in [0.05, 0.1) is 18.4 Å². The second-order valence-corrected chi connectivity index (χ2v) is 8.01. The highest BCUT2D eigenvalue weighted by atomic mass is 16.3. The Labute approximate surface area is 166 Å². The van der Waals surface area contributed by atoms with Crippen LogP contribution in [0.1, 0.15) is 54.2 Å². The third kappa shape index (κ3) is 4.64. The summed E-state index contributed by atoms with van der Waals surface area (Å²) in [6.07, 6.45) is 3.36. The molecule has 7 heteroatoms. The summed E-state index contributed by atoms with van der Waals surface area (Å²) in [7, 11) is 0. The van der Waals surface area contributed by atoms with Crippen LogP contribution in [-0.2, 0) is 17.8 Å². The Morgan fingerprint density at radius 3 is 2.61 bits per heavy atom. The van der Waals surface area contributed by atoms with E-state index in [1.807, 2.05) is 18.5 Å². The molecule has 0 bridgehead atoms. The highest BCUT2D eigenvalue weighted by Gasteiger charge is 2.26. The Morgan fingerprint density at radius 1 is 1.29 bits per heavy atom. The number of likely N-dealkylation sites (tertiary alicyclic amines) is 1. The third-order valence-electron chi connectivity index (χ3n) is 5.29. The molecule has 0 saturated carbocycles. The van der Waals surface area contributed by atoms with Crippen LogP contribution in [-0.4, -0.2) is 45.6 Å². The Morgan fingerprint density at radius 2 is 2.00 bits per heavy atom. The molecule has 0 atom stereocenters. The molecule has 0 spiro atoms. The fourth-order valence-electron chi connectivity index (χ4n) is 3.74. The highest BCUT2D eigenvalue weighted by Crippen LogP contribution is 2.17. The fourth-order valence-corrected chi connectivity index (χ4v) is 3.74. The first-order valence-electron chi connectivity index (χ1n) is 10.00. The number of carbonyl (C=O) groups excluding carboxylic acids is 2. The number of nitrogens with one attached hydrogen (secondary N) is 1. The molecule has 3 rings (SSSR count). The number of carbonyl (C=O) groups is 2. The predicted octanol–water partition coefficient (Wildman–Crippen LogP) is 2.71. The van der Waals surface area contributed by atoms with E-state index in [9.17, 15) is 9.59 Å². The summed E-state index contributed by atoms with van der Waals surface area (Å²) in [6, 6.07) is 3.49. The second kappa shape index (κ2) is 8.63. The third-order valence-corrected chi connectivity index (χ3v) is 5.29. The molecular formula is C21H30N4O3. The monoisotopic (exact) mass is 386 g/mol. The molecule has 2 aromatic heterocycles. The van der Waals surface area contributed by atoms with Gasteiger partial charge in [0.1, 0.15) is 0 Å². The van der Waals surface area contributed by atoms with Crippen molar-refractivity contribution in [2.75, 3.05) is 13.1 Å². The zero-order chi connectivity index (χ0) is 20.3. The molecule has 2 amide bonds. The van der Waals surface area contributed by atoms with E-state index in [0.717, 1.165) is 36.3 Å². The summed E-state index contributed by atoms with van der Waals surface area (Å²) in [5.41, 5.74) is 3.01. The van der Waals surface area contributed by atoms with Gasteiger partial charge in [0.15, 0.2) is 5.76 Å². The van der Waals surface area contributed by atoms with Crippen LogP contribution in [0.25, 0.3) is 0 Å². The average Bonchev–Trinajstić information content (AvgIpc) is 3.26. The summed E-state index contributed by atoms with van der Waals surface area (Å²) >= 11 is 0. The van der Waals surface area contributed by atoms with E-state index in [4.69, 9.17) is 4.42 Å². The summed E-state index contributed by atoms with van der Waals surface area (Å²) in [5, 5.41) is 7.72. The van der Waals surface area contributed by atoms with Gasteiger partial charge in [0.25, 0.3) is 5.91 Å². The van der Waals surface area contributed by atoms with Crippen molar-refractivity contribution in [2.45, 2.75) is 59.5 Å². The SMILES string of the molecule is Cc1nn(CC(C)C)c(C)c1CC(=O)NC1CCN(C(=O)c2ccco2)CC1. The summed E-state index contributed by atoms with van der Waals surface area (Å²) in [6.45, 7) is 10.4. The number of nitrogens with zero attached hydrogens (tertiary/aromatic N) is 3. The number of furan rings is 1. The minimum Gasteiger partial charge on any atom is -0.459 e. The topological polar surface area (TPSA) is 80.4 Å². The Kier molecular flexibility index (Phi) is 6.21. The number of aromatic nitrogens is 2. The van der Waals surface area contributed by atoms with Gasteiger partial charge in [-0.25, -0.2) is 0 Å². The van der Waals surface area contributed by atoms with Crippen LogP contribution in [0.15, 0.2) is 22.8 Å². The van der Waals surface area contributed by atoms with Crippen LogP contribution in [0.5, 0.6) is 0 Å². The van der Waals surface area contributed by atoms with E-state index >= 15 is 0 Å². The van der Waals surface area contributed by atoms with Gasteiger partial charge >= 0.3 is 0 Å². The molecule has 7 nitrogen and oxygen atoms in total. The molecule has 1 aliphatic rings. The number of hydrogen-bond acceptors (Lipinski definition) is 4. The van der Waals surface area contributed by atoms with Crippen molar-refractivity contribution in [3.05, 3.63) is 41.1 Å². The maximum atomic E-state index is 12.6. The van der Waals surface area contributed by atoms with Crippen molar-refractivity contribution in [2.24, 2.45) is 5.92 Å². The Hall–Kier alpha value is -2.57. The minimum atomic E-state index is -0.0846. The highest BCUT2D eigenvalue weighted by molar-refractivity contribution is 5.91. The van der Waals surface area contributed by atoms with Crippen LogP contribution in [0, 0.1) is 19.8 Å². The van der Waals surface area contributed by atoms with Gasteiger partial charge in [0, 0.05) is 36.9 Å². The van der Waals surface area contributed by atoms with E-state index < -0.39 is 0 Å². The zero-order valence-electron chi connectivity index (χ0n) is 17.2. The molecular weight excluding hydrogens is 356 g/mol. The fraction of sp³-hybridized carbons (Fsp3) is 0.571. The van der Waals surface area contributed by atoms with Gasteiger partial charge in [-0.1, -0.05) is 13.8 Å². The molecule has 28 heavy (non-hydrogen) atoms. The van der Waals surface area contributed by atoms with Gasteiger partial charge in [0.2, 0.25) is 5.91 Å². The zero-order valence-corrected chi connectivity index (χ0v) is 17.2. The molecule has 1 aliphatic heterocycles. The minimum absolute atomic E-state index is 0.0195. The summed E-state index contributed by atoms with van der Waals surface area (Å²) in [5.74, 6) is 0.810. The van der Waals surface area contributed by atoms with Crippen LogP contribution < -0.4 is 5.32 Å². The van der Waals surface area contributed by atoms with Crippen LogP contribution >= 0.6 is 0 Å². The molecule has 152 valence electrons. The van der Waals surface area contributed by atoms with Crippen molar-refractivity contribution in [3.8, 4) is 0 Å². The largest absolute Gasteiger partial charge is 0.459 e. The first-order chi connectivity index (χ1) is 13.3. The quantitative estimate of drug-likeness (QED) is 0.828. The van der Waals surface area contributed by atoms with Gasteiger partial charge in [-0.3, -0.25) is 14.3 Å². The number of amides is 2. The van der Waals surface area contributed by atoms with Gasteiger partial charge < -0.3 is 14.6 Å². The molecule has 3 heterocycles. The predicted molar refractivity (Wildman–Crippen MR) is 106 cm³/mol. The van der Waals surface area contributed by atoms with E-state index in [2.05, 4.69) is 24.3 Å². The number of hydrogen-bond donors (Lipinski definition) is 1. The van der Waals surface area contributed by atoms with Gasteiger partial charge in [-0.15, -0.1) is 0 Å². The van der Waals surface area contributed by atoms with Crippen LogP contribution in [0.4, 0.5) is 0 Å². The molecule has 1 N–H and O–H groups in total. The molecule has 1 saturated heterocycles. The molecule has 0 aromatic carbocycles. The van der Waals surface area contributed by atoms with Crippen molar-refractivity contribution in [3.63, 3.8) is 0 Å². The van der Waals surface area contributed by atoms with Crippen molar-refractivity contribution >= 4 is 11.8 Å². The van der Waals surface area contributed by atoms with E-state index in [1.54, 1.807) is 17.0 Å².